The number of ether oxygens (including phenoxy) is 1. The molecule has 1 amide bonds. The molecule has 1 saturated heterocycles. The summed E-state index contributed by atoms with van der Waals surface area (Å²) >= 11 is 0. The Morgan fingerprint density at radius 1 is 1.18 bits per heavy atom. The Balaban J connectivity index is 1.44. The molecule has 4 aromatic rings. The van der Waals surface area contributed by atoms with E-state index in [0.717, 1.165) is 16.7 Å². The molecule has 0 bridgehead atoms. The fourth-order valence-electron chi connectivity index (χ4n) is 3.96. The van der Waals surface area contributed by atoms with Crippen LogP contribution in [-0.4, -0.2) is 44.7 Å². The number of carbonyl (C=O) groups is 1. The maximum Gasteiger partial charge on any atom is 0.328 e. The quantitative estimate of drug-likeness (QED) is 0.477. The van der Waals surface area contributed by atoms with Crippen LogP contribution in [0.25, 0.3) is 22.6 Å². The van der Waals surface area contributed by atoms with Gasteiger partial charge < -0.3 is 15.0 Å². The standard InChI is InChI=1S/C25H25N5O3/c1-15(2)19-5-3-4-6-20(19)22-26-11-21-23(29-22)30(25(32)28-21)12-16-7-9-17(10-8-16)24(31)27-18-13-33-14-18/h3-11,15,18H,12-14H2,1-2H3,(H,27,31)(H,28,32). The van der Waals surface area contributed by atoms with Crippen molar-refractivity contribution in [2.24, 2.45) is 0 Å². The van der Waals surface area contributed by atoms with Crippen LogP contribution in [0.3, 0.4) is 0 Å². The summed E-state index contributed by atoms with van der Waals surface area (Å²) in [5, 5.41) is 2.92. The number of amides is 1. The van der Waals surface area contributed by atoms with E-state index in [1.54, 1.807) is 22.9 Å². The van der Waals surface area contributed by atoms with E-state index in [9.17, 15) is 9.59 Å². The third-order valence-corrected chi connectivity index (χ3v) is 5.86. The number of carbonyl (C=O) groups excluding carboxylic acids is 1. The maximum absolute atomic E-state index is 12.7. The van der Waals surface area contributed by atoms with E-state index in [-0.39, 0.29) is 17.6 Å². The molecule has 2 N–H and O–H groups in total. The number of aromatic amines is 1. The summed E-state index contributed by atoms with van der Waals surface area (Å²) in [6, 6.07) is 15.4. The first-order valence-electron chi connectivity index (χ1n) is 11.0. The van der Waals surface area contributed by atoms with E-state index in [1.165, 1.54) is 0 Å². The van der Waals surface area contributed by atoms with Gasteiger partial charge in [-0.3, -0.25) is 9.36 Å². The Kier molecular flexibility index (Phi) is 5.51. The molecule has 0 spiro atoms. The lowest BCUT2D eigenvalue weighted by Crippen LogP contribution is -2.48. The van der Waals surface area contributed by atoms with Crippen molar-refractivity contribution in [3.63, 3.8) is 0 Å². The largest absolute Gasteiger partial charge is 0.377 e. The minimum absolute atomic E-state index is 0.0803. The van der Waals surface area contributed by atoms with Gasteiger partial charge in [0, 0.05) is 11.1 Å². The van der Waals surface area contributed by atoms with Crippen molar-refractivity contribution in [3.05, 3.63) is 81.9 Å². The zero-order chi connectivity index (χ0) is 22.9. The molecule has 0 atom stereocenters. The molecule has 1 fully saturated rings. The topological polar surface area (TPSA) is 102 Å². The Bertz CT molecular complexity index is 1370. The Labute approximate surface area is 190 Å². The molecule has 0 aliphatic carbocycles. The fourth-order valence-corrected chi connectivity index (χ4v) is 3.96. The van der Waals surface area contributed by atoms with E-state index in [0.29, 0.717) is 48.2 Å². The Morgan fingerprint density at radius 2 is 1.94 bits per heavy atom. The van der Waals surface area contributed by atoms with Crippen molar-refractivity contribution in [3.8, 4) is 11.4 Å². The van der Waals surface area contributed by atoms with Crippen LogP contribution in [0, 0.1) is 0 Å². The summed E-state index contributed by atoms with van der Waals surface area (Å²) in [5.41, 5.74) is 4.47. The number of rotatable bonds is 6. The highest BCUT2D eigenvalue weighted by Gasteiger charge is 2.21. The highest BCUT2D eigenvalue weighted by molar-refractivity contribution is 5.94. The highest BCUT2D eigenvalue weighted by Crippen LogP contribution is 2.27. The third kappa shape index (κ3) is 4.17. The molecule has 1 aliphatic rings. The zero-order valence-corrected chi connectivity index (χ0v) is 18.5. The van der Waals surface area contributed by atoms with Gasteiger partial charge in [-0.1, -0.05) is 50.2 Å². The van der Waals surface area contributed by atoms with E-state index in [2.05, 4.69) is 35.2 Å². The first kappa shape index (κ1) is 21.1. The lowest BCUT2D eigenvalue weighted by molar-refractivity contribution is -0.00346. The van der Waals surface area contributed by atoms with Crippen LogP contribution in [0.2, 0.25) is 0 Å². The van der Waals surface area contributed by atoms with Gasteiger partial charge in [0.25, 0.3) is 5.91 Å². The monoisotopic (exact) mass is 443 g/mol. The van der Waals surface area contributed by atoms with Gasteiger partial charge in [-0.05, 0) is 29.2 Å². The van der Waals surface area contributed by atoms with Crippen LogP contribution in [-0.2, 0) is 11.3 Å². The van der Waals surface area contributed by atoms with Gasteiger partial charge in [0.05, 0.1) is 32.0 Å². The molecule has 0 radical (unpaired) electrons. The van der Waals surface area contributed by atoms with Crippen LogP contribution in [0.1, 0.15) is 41.3 Å². The summed E-state index contributed by atoms with van der Waals surface area (Å²) in [7, 11) is 0. The van der Waals surface area contributed by atoms with E-state index in [1.807, 2.05) is 30.3 Å². The second-order valence-corrected chi connectivity index (χ2v) is 8.59. The number of nitrogens with zero attached hydrogens (tertiary/aromatic N) is 3. The molecular weight excluding hydrogens is 418 g/mol. The van der Waals surface area contributed by atoms with Crippen LogP contribution in [0.4, 0.5) is 0 Å². The molecule has 5 rings (SSSR count). The minimum Gasteiger partial charge on any atom is -0.377 e. The van der Waals surface area contributed by atoms with Gasteiger partial charge >= 0.3 is 5.69 Å². The number of fused-ring (bicyclic) bond motifs is 1. The first-order valence-corrected chi connectivity index (χ1v) is 11.0. The predicted molar refractivity (Wildman–Crippen MR) is 125 cm³/mol. The van der Waals surface area contributed by atoms with E-state index < -0.39 is 0 Å². The van der Waals surface area contributed by atoms with Gasteiger partial charge in [0.15, 0.2) is 11.5 Å². The molecule has 1 aliphatic heterocycles. The minimum atomic E-state index is -0.250. The second-order valence-electron chi connectivity index (χ2n) is 8.59. The number of aromatic nitrogens is 4. The summed E-state index contributed by atoms with van der Waals surface area (Å²) < 4.78 is 6.69. The number of hydrogen-bond donors (Lipinski definition) is 2. The fraction of sp³-hybridized carbons (Fsp3) is 0.280. The van der Waals surface area contributed by atoms with Gasteiger partial charge in [-0.15, -0.1) is 0 Å². The lowest BCUT2D eigenvalue weighted by Gasteiger charge is -2.26. The molecule has 0 unspecified atom stereocenters. The molecule has 2 aromatic carbocycles. The van der Waals surface area contributed by atoms with Gasteiger partial charge in [0.2, 0.25) is 0 Å². The Morgan fingerprint density at radius 3 is 2.64 bits per heavy atom. The van der Waals surface area contributed by atoms with Crippen molar-refractivity contribution in [2.45, 2.75) is 32.4 Å². The number of nitrogens with one attached hydrogen (secondary N) is 2. The summed E-state index contributed by atoms with van der Waals surface area (Å²) in [5.74, 6) is 0.785. The van der Waals surface area contributed by atoms with Crippen LogP contribution in [0.5, 0.6) is 0 Å². The van der Waals surface area contributed by atoms with Crippen molar-refractivity contribution in [1.82, 2.24) is 24.8 Å². The van der Waals surface area contributed by atoms with Crippen molar-refractivity contribution in [2.75, 3.05) is 13.2 Å². The summed E-state index contributed by atoms with van der Waals surface area (Å²) in [6.45, 7) is 5.71. The number of benzene rings is 2. The van der Waals surface area contributed by atoms with Gasteiger partial charge in [-0.2, -0.15) is 0 Å². The molecular formula is C25H25N5O3. The second kappa shape index (κ2) is 8.63. The van der Waals surface area contributed by atoms with E-state index >= 15 is 0 Å². The zero-order valence-electron chi connectivity index (χ0n) is 18.5. The Hall–Kier alpha value is -3.78. The van der Waals surface area contributed by atoms with Crippen LogP contribution >= 0.6 is 0 Å². The van der Waals surface area contributed by atoms with Gasteiger partial charge in [-0.25, -0.2) is 14.8 Å². The van der Waals surface area contributed by atoms with Crippen molar-refractivity contribution >= 4 is 17.1 Å². The average molecular weight is 444 g/mol. The average Bonchev–Trinajstić information content (AvgIpc) is 3.10. The maximum atomic E-state index is 12.7. The number of hydrogen-bond acceptors (Lipinski definition) is 5. The molecule has 33 heavy (non-hydrogen) atoms. The van der Waals surface area contributed by atoms with E-state index in [4.69, 9.17) is 9.72 Å². The normalized spacial score (nSPS) is 13.9. The first-order chi connectivity index (χ1) is 16.0. The molecule has 3 heterocycles. The highest BCUT2D eigenvalue weighted by atomic mass is 16.5. The lowest BCUT2D eigenvalue weighted by atomic mass is 9.97. The molecule has 8 nitrogen and oxygen atoms in total. The molecule has 8 heteroatoms. The molecule has 168 valence electrons. The molecule has 0 saturated carbocycles. The third-order valence-electron chi connectivity index (χ3n) is 5.86. The summed E-state index contributed by atoms with van der Waals surface area (Å²) in [6.07, 6.45) is 1.66. The summed E-state index contributed by atoms with van der Waals surface area (Å²) in [4.78, 5) is 37.1. The van der Waals surface area contributed by atoms with Crippen molar-refractivity contribution < 1.29 is 9.53 Å². The van der Waals surface area contributed by atoms with Crippen LogP contribution in [0.15, 0.2) is 59.5 Å². The van der Waals surface area contributed by atoms with Crippen molar-refractivity contribution in [1.29, 1.82) is 0 Å². The smallest absolute Gasteiger partial charge is 0.328 e. The SMILES string of the molecule is CC(C)c1ccccc1-c1ncc2[nH]c(=O)n(Cc3ccc(C(=O)NC4COC4)cc3)c2n1. The number of H-pyrrole nitrogens is 1. The molecule has 2 aromatic heterocycles. The predicted octanol–water partition coefficient (Wildman–Crippen LogP) is 3.09. The van der Waals surface area contributed by atoms with Crippen LogP contribution < -0.4 is 11.0 Å². The number of imidazole rings is 1. The van der Waals surface area contributed by atoms with Gasteiger partial charge in [0.1, 0.15) is 5.52 Å².